The number of carbonyl (C=O) groups is 2. The molecule has 1 aliphatic carbocycles. The number of dihydropyridines is 1. The molecule has 1 heterocycles. The Hall–Kier alpha value is -2.96. The standard InChI is InChI=1S/C28H29Cl2NO5/c1-5-10-36-28(33)25-15(2)31-21-12-18(16-7-9-23(34-3)24(14-16)35-4)13-22(32)27(21)26(25)17-6-8-19(29)20(30)11-17/h6-9,11,14,18,26,31H,5,10,12-13H2,1-4H3/t18-,26+/m0/s1. The van der Waals surface area contributed by atoms with Gasteiger partial charge in [0.05, 0.1) is 36.4 Å². The van der Waals surface area contributed by atoms with Crippen molar-refractivity contribution in [3.8, 4) is 11.5 Å². The van der Waals surface area contributed by atoms with E-state index in [0.29, 0.717) is 64.3 Å². The van der Waals surface area contributed by atoms with E-state index in [1.807, 2.05) is 38.1 Å². The van der Waals surface area contributed by atoms with E-state index in [1.54, 1.807) is 26.4 Å². The molecule has 6 nitrogen and oxygen atoms in total. The topological polar surface area (TPSA) is 73.9 Å². The number of allylic oxidation sites excluding steroid dienone is 3. The fraction of sp³-hybridized carbons (Fsp3) is 0.357. The lowest BCUT2D eigenvalue weighted by atomic mass is 9.71. The summed E-state index contributed by atoms with van der Waals surface area (Å²) >= 11 is 12.5. The highest BCUT2D eigenvalue weighted by atomic mass is 35.5. The smallest absolute Gasteiger partial charge is 0.336 e. The molecule has 0 radical (unpaired) electrons. The van der Waals surface area contributed by atoms with E-state index in [1.165, 1.54) is 0 Å². The molecule has 1 aliphatic heterocycles. The summed E-state index contributed by atoms with van der Waals surface area (Å²) in [5, 5.41) is 4.12. The van der Waals surface area contributed by atoms with Crippen molar-refractivity contribution in [2.45, 2.75) is 44.9 Å². The monoisotopic (exact) mass is 529 g/mol. The molecule has 190 valence electrons. The van der Waals surface area contributed by atoms with Crippen LogP contribution < -0.4 is 14.8 Å². The SMILES string of the molecule is CCCOC(=O)C1=C(C)NC2=C(C(=O)C[C@@H](c3ccc(OC)c(OC)c3)C2)[C@@H]1c1ccc(Cl)c(Cl)c1. The molecule has 0 amide bonds. The molecule has 0 fully saturated rings. The average molecular weight is 530 g/mol. The van der Waals surface area contributed by atoms with E-state index in [9.17, 15) is 9.59 Å². The van der Waals surface area contributed by atoms with Crippen molar-refractivity contribution >= 4 is 35.0 Å². The Bertz CT molecular complexity index is 1270. The highest BCUT2D eigenvalue weighted by Gasteiger charge is 2.41. The Kier molecular flexibility index (Phi) is 7.96. The van der Waals surface area contributed by atoms with Crippen molar-refractivity contribution in [2.24, 2.45) is 0 Å². The second-order valence-electron chi connectivity index (χ2n) is 8.94. The van der Waals surface area contributed by atoms with Gasteiger partial charge < -0.3 is 19.5 Å². The summed E-state index contributed by atoms with van der Waals surface area (Å²) in [6.45, 7) is 4.07. The van der Waals surface area contributed by atoms with Crippen LogP contribution in [-0.4, -0.2) is 32.6 Å². The number of methoxy groups -OCH3 is 2. The zero-order valence-electron chi connectivity index (χ0n) is 20.7. The number of ketones is 1. The first-order chi connectivity index (χ1) is 17.3. The number of benzene rings is 2. The third-order valence-corrected chi connectivity index (χ3v) is 7.38. The molecular weight excluding hydrogens is 501 g/mol. The maximum absolute atomic E-state index is 13.7. The van der Waals surface area contributed by atoms with Crippen LogP contribution in [0.15, 0.2) is 58.9 Å². The van der Waals surface area contributed by atoms with Crippen LogP contribution in [-0.2, 0) is 14.3 Å². The number of hydrogen-bond donors (Lipinski definition) is 1. The normalized spacial score (nSPS) is 19.6. The minimum atomic E-state index is -0.598. The van der Waals surface area contributed by atoms with Crippen molar-refractivity contribution in [3.63, 3.8) is 0 Å². The van der Waals surface area contributed by atoms with E-state index < -0.39 is 11.9 Å². The fourth-order valence-corrected chi connectivity index (χ4v) is 5.26. The van der Waals surface area contributed by atoms with Gasteiger partial charge in [0.15, 0.2) is 17.3 Å². The minimum Gasteiger partial charge on any atom is -0.493 e. The molecule has 0 aromatic heterocycles. The Morgan fingerprint density at radius 1 is 1.00 bits per heavy atom. The van der Waals surface area contributed by atoms with Crippen LogP contribution in [0.25, 0.3) is 0 Å². The number of esters is 1. The molecule has 1 N–H and O–H groups in total. The number of halogens is 2. The van der Waals surface area contributed by atoms with Crippen LogP contribution in [0.4, 0.5) is 0 Å². The van der Waals surface area contributed by atoms with Gasteiger partial charge in [-0.2, -0.15) is 0 Å². The van der Waals surface area contributed by atoms with E-state index in [-0.39, 0.29) is 11.7 Å². The van der Waals surface area contributed by atoms with Crippen molar-refractivity contribution in [1.82, 2.24) is 5.32 Å². The van der Waals surface area contributed by atoms with Crippen LogP contribution in [0.2, 0.25) is 10.0 Å². The minimum absolute atomic E-state index is 0.0344. The Morgan fingerprint density at radius 2 is 1.72 bits per heavy atom. The lowest BCUT2D eigenvalue weighted by Crippen LogP contribution is -2.36. The number of Topliss-reactive ketones (excluding diaryl/α,β-unsaturated/α-hetero) is 1. The first-order valence-corrected chi connectivity index (χ1v) is 12.6. The number of ether oxygens (including phenoxy) is 3. The first kappa shape index (κ1) is 26.1. The van der Waals surface area contributed by atoms with Gasteiger partial charge in [0.1, 0.15) is 0 Å². The van der Waals surface area contributed by atoms with E-state index in [2.05, 4.69) is 5.32 Å². The fourth-order valence-electron chi connectivity index (χ4n) is 4.95. The molecule has 2 atom stereocenters. The number of rotatable bonds is 7. The van der Waals surface area contributed by atoms with Crippen LogP contribution in [0, 0.1) is 0 Å². The molecule has 0 saturated carbocycles. The summed E-state index contributed by atoms with van der Waals surface area (Å²) in [6, 6.07) is 10.9. The highest BCUT2D eigenvalue weighted by molar-refractivity contribution is 6.42. The second-order valence-corrected chi connectivity index (χ2v) is 9.76. The van der Waals surface area contributed by atoms with Gasteiger partial charge in [-0.3, -0.25) is 4.79 Å². The van der Waals surface area contributed by atoms with E-state index in [0.717, 1.165) is 16.8 Å². The van der Waals surface area contributed by atoms with Gasteiger partial charge >= 0.3 is 5.97 Å². The number of nitrogens with one attached hydrogen (secondary N) is 1. The molecule has 8 heteroatoms. The highest BCUT2D eigenvalue weighted by Crippen LogP contribution is 2.47. The third kappa shape index (κ3) is 4.97. The molecule has 2 aliphatic rings. The summed E-state index contributed by atoms with van der Waals surface area (Å²) in [6.07, 6.45) is 1.59. The van der Waals surface area contributed by atoms with Gasteiger partial charge in [0, 0.05) is 29.3 Å². The summed E-state index contributed by atoms with van der Waals surface area (Å²) in [7, 11) is 3.18. The lowest BCUT2D eigenvalue weighted by Gasteiger charge is -2.37. The number of carbonyl (C=O) groups excluding carboxylic acids is 2. The molecule has 0 spiro atoms. The maximum atomic E-state index is 13.7. The van der Waals surface area contributed by atoms with E-state index >= 15 is 0 Å². The first-order valence-electron chi connectivity index (χ1n) is 11.9. The summed E-state index contributed by atoms with van der Waals surface area (Å²) in [5.41, 5.74) is 4.14. The van der Waals surface area contributed by atoms with Gasteiger partial charge in [-0.05, 0) is 61.1 Å². The molecule has 4 rings (SSSR count). The van der Waals surface area contributed by atoms with Crippen molar-refractivity contribution in [1.29, 1.82) is 0 Å². The average Bonchev–Trinajstić information content (AvgIpc) is 2.87. The molecule has 0 bridgehead atoms. The molecule has 2 aromatic carbocycles. The predicted molar refractivity (Wildman–Crippen MR) is 140 cm³/mol. The second kappa shape index (κ2) is 11.0. The predicted octanol–water partition coefficient (Wildman–Crippen LogP) is 6.33. The van der Waals surface area contributed by atoms with Crippen LogP contribution in [0.3, 0.4) is 0 Å². The Labute approximate surface area is 221 Å². The van der Waals surface area contributed by atoms with Gasteiger partial charge in [0.2, 0.25) is 0 Å². The van der Waals surface area contributed by atoms with Crippen molar-refractivity contribution in [2.75, 3.05) is 20.8 Å². The Balaban J connectivity index is 1.78. The molecule has 36 heavy (non-hydrogen) atoms. The zero-order valence-corrected chi connectivity index (χ0v) is 22.3. The van der Waals surface area contributed by atoms with Crippen LogP contribution in [0.5, 0.6) is 11.5 Å². The molecular formula is C28H29Cl2NO5. The van der Waals surface area contributed by atoms with Gasteiger partial charge in [-0.25, -0.2) is 4.79 Å². The van der Waals surface area contributed by atoms with Crippen LogP contribution in [0.1, 0.15) is 56.1 Å². The van der Waals surface area contributed by atoms with Crippen molar-refractivity contribution in [3.05, 3.63) is 80.1 Å². The largest absolute Gasteiger partial charge is 0.493 e. The maximum Gasteiger partial charge on any atom is 0.336 e. The molecule has 0 saturated heterocycles. The summed E-state index contributed by atoms with van der Waals surface area (Å²) in [4.78, 5) is 26.9. The number of hydrogen-bond acceptors (Lipinski definition) is 6. The summed E-state index contributed by atoms with van der Waals surface area (Å²) < 4.78 is 16.3. The van der Waals surface area contributed by atoms with E-state index in [4.69, 9.17) is 37.4 Å². The zero-order chi connectivity index (χ0) is 26.0. The summed E-state index contributed by atoms with van der Waals surface area (Å²) in [5.74, 6) is 0.114. The quantitative estimate of drug-likeness (QED) is 0.422. The van der Waals surface area contributed by atoms with Gasteiger partial charge in [-0.15, -0.1) is 0 Å². The Morgan fingerprint density at radius 3 is 2.39 bits per heavy atom. The van der Waals surface area contributed by atoms with Gasteiger partial charge in [0.25, 0.3) is 0 Å². The van der Waals surface area contributed by atoms with Crippen molar-refractivity contribution < 1.29 is 23.8 Å². The molecule has 2 aromatic rings. The molecule has 0 unspecified atom stereocenters. The lowest BCUT2D eigenvalue weighted by molar-refractivity contribution is -0.139. The van der Waals surface area contributed by atoms with Crippen LogP contribution >= 0.6 is 23.2 Å². The third-order valence-electron chi connectivity index (χ3n) is 6.64. The van der Waals surface area contributed by atoms with Gasteiger partial charge in [-0.1, -0.05) is 42.3 Å².